The van der Waals surface area contributed by atoms with Crippen LogP contribution < -0.4 is 0 Å². The molecule has 0 aromatic carbocycles. The van der Waals surface area contributed by atoms with Crippen LogP contribution >= 0.6 is 0 Å². The van der Waals surface area contributed by atoms with E-state index in [0.29, 0.717) is 18.1 Å². The second-order valence-corrected chi connectivity index (χ2v) is 2.61. The van der Waals surface area contributed by atoms with E-state index in [1.54, 1.807) is 19.4 Å². The smallest absolute Gasteiger partial charge is 0.168 e. The lowest BCUT2D eigenvalue weighted by Crippen LogP contribution is -2.00. The van der Waals surface area contributed by atoms with Crippen molar-refractivity contribution in [1.29, 1.82) is 0 Å². The van der Waals surface area contributed by atoms with Crippen molar-refractivity contribution < 1.29 is 9.53 Å². The molecule has 0 saturated carbocycles. The topological polar surface area (TPSA) is 52.1 Å². The molecule has 1 rings (SSSR count). The Morgan fingerprint density at radius 1 is 1.62 bits per heavy atom. The molecule has 0 unspecified atom stereocenters. The van der Waals surface area contributed by atoms with Crippen molar-refractivity contribution in [3.63, 3.8) is 0 Å². The van der Waals surface area contributed by atoms with Gasteiger partial charge < -0.3 is 4.74 Å². The van der Waals surface area contributed by atoms with Crippen LogP contribution in [0.25, 0.3) is 0 Å². The normalized spacial score (nSPS) is 9.92. The van der Waals surface area contributed by atoms with Crippen molar-refractivity contribution in [2.75, 3.05) is 13.7 Å². The summed E-state index contributed by atoms with van der Waals surface area (Å²) in [5, 5.41) is 0. The van der Waals surface area contributed by atoms with Crippen LogP contribution in [0.3, 0.4) is 0 Å². The van der Waals surface area contributed by atoms with Crippen LogP contribution in [-0.2, 0) is 11.2 Å². The molecular formula is C9H12N2O2. The molecule has 0 aliphatic carbocycles. The molecule has 1 aromatic heterocycles. The predicted molar refractivity (Wildman–Crippen MR) is 47.6 cm³/mol. The molecule has 4 nitrogen and oxygen atoms in total. The highest BCUT2D eigenvalue weighted by atomic mass is 16.5. The van der Waals surface area contributed by atoms with E-state index in [1.807, 2.05) is 0 Å². The fourth-order valence-corrected chi connectivity index (χ4v) is 0.976. The van der Waals surface area contributed by atoms with Gasteiger partial charge in [0.1, 0.15) is 11.5 Å². The number of methoxy groups -OCH3 is 1. The van der Waals surface area contributed by atoms with E-state index < -0.39 is 0 Å². The second-order valence-electron chi connectivity index (χ2n) is 2.61. The number of aromatic nitrogens is 2. The fraction of sp³-hybridized carbons (Fsp3) is 0.444. The minimum atomic E-state index is 0.433. The predicted octanol–water partition coefficient (Wildman–Crippen LogP) is 0.868. The maximum Gasteiger partial charge on any atom is 0.168 e. The number of hydrogen-bond donors (Lipinski definition) is 0. The van der Waals surface area contributed by atoms with E-state index >= 15 is 0 Å². The number of carbonyl (C=O) groups is 1. The Labute approximate surface area is 77.0 Å². The molecule has 0 atom stereocenters. The van der Waals surface area contributed by atoms with Crippen LogP contribution in [0.2, 0.25) is 0 Å². The first kappa shape index (κ1) is 9.80. The van der Waals surface area contributed by atoms with Gasteiger partial charge in [0.25, 0.3) is 0 Å². The SMILES string of the molecule is COCCCc1nccc(C=O)n1. The Hall–Kier alpha value is -1.29. The van der Waals surface area contributed by atoms with Crippen molar-refractivity contribution in [3.05, 3.63) is 23.8 Å². The maximum atomic E-state index is 10.4. The summed E-state index contributed by atoms with van der Waals surface area (Å²) in [6.07, 6.45) is 3.94. The van der Waals surface area contributed by atoms with E-state index in [0.717, 1.165) is 19.1 Å². The molecule has 0 spiro atoms. The molecule has 4 heteroatoms. The van der Waals surface area contributed by atoms with Gasteiger partial charge >= 0.3 is 0 Å². The third-order valence-corrected chi connectivity index (χ3v) is 1.60. The van der Waals surface area contributed by atoms with E-state index in [9.17, 15) is 4.79 Å². The molecule has 1 aromatic rings. The van der Waals surface area contributed by atoms with Gasteiger partial charge in [0.05, 0.1) is 0 Å². The van der Waals surface area contributed by atoms with Gasteiger partial charge in [-0.05, 0) is 12.5 Å². The number of aryl methyl sites for hydroxylation is 1. The maximum absolute atomic E-state index is 10.4. The summed E-state index contributed by atoms with van der Waals surface area (Å²) >= 11 is 0. The Balaban J connectivity index is 2.51. The van der Waals surface area contributed by atoms with Crippen molar-refractivity contribution in [3.8, 4) is 0 Å². The van der Waals surface area contributed by atoms with E-state index in [-0.39, 0.29) is 0 Å². The molecule has 0 bridgehead atoms. The van der Waals surface area contributed by atoms with Crippen LogP contribution in [0.5, 0.6) is 0 Å². The molecule has 0 radical (unpaired) electrons. The molecule has 13 heavy (non-hydrogen) atoms. The van der Waals surface area contributed by atoms with Crippen molar-refractivity contribution in [2.45, 2.75) is 12.8 Å². The molecule has 0 fully saturated rings. The zero-order chi connectivity index (χ0) is 9.52. The van der Waals surface area contributed by atoms with E-state index in [1.165, 1.54) is 0 Å². The molecule has 0 saturated heterocycles. The standard InChI is InChI=1S/C9H12N2O2/c1-13-6-2-3-9-10-5-4-8(7-12)11-9/h4-5,7H,2-3,6H2,1H3. The lowest BCUT2D eigenvalue weighted by Gasteiger charge is -1.99. The molecule has 0 amide bonds. The lowest BCUT2D eigenvalue weighted by atomic mass is 10.3. The first-order valence-electron chi connectivity index (χ1n) is 4.13. The second kappa shape index (κ2) is 5.37. The molecule has 1 heterocycles. The lowest BCUT2D eigenvalue weighted by molar-refractivity contribution is 0.111. The molecule has 0 aliphatic rings. The first-order valence-corrected chi connectivity index (χ1v) is 4.13. The third kappa shape index (κ3) is 3.29. The minimum Gasteiger partial charge on any atom is -0.385 e. The number of nitrogens with zero attached hydrogens (tertiary/aromatic N) is 2. The van der Waals surface area contributed by atoms with E-state index in [2.05, 4.69) is 9.97 Å². The van der Waals surface area contributed by atoms with Gasteiger partial charge in [-0.15, -0.1) is 0 Å². The highest BCUT2D eigenvalue weighted by Gasteiger charge is 1.97. The molecule has 0 N–H and O–H groups in total. The van der Waals surface area contributed by atoms with Crippen molar-refractivity contribution in [2.24, 2.45) is 0 Å². The van der Waals surface area contributed by atoms with Crippen LogP contribution in [0, 0.1) is 0 Å². The number of carbonyl (C=O) groups excluding carboxylic acids is 1. The largest absolute Gasteiger partial charge is 0.385 e. The molecule has 70 valence electrons. The van der Waals surface area contributed by atoms with Crippen molar-refractivity contribution in [1.82, 2.24) is 9.97 Å². The average Bonchev–Trinajstić information content (AvgIpc) is 2.19. The monoisotopic (exact) mass is 180 g/mol. The van der Waals surface area contributed by atoms with Crippen LogP contribution in [-0.4, -0.2) is 30.0 Å². The number of aldehydes is 1. The molecular weight excluding hydrogens is 168 g/mol. The highest BCUT2D eigenvalue weighted by molar-refractivity contribution is 5.71. The number of ether oxygens (including phenoxy) is 1. The Morgan fingerprint density at radius 2 is 2.46 bits per heavy atom. The van der Waals surface area contributed by atoms with Gasteiger partial charge in [0, 0.05) is 26.3 Å². The summed E-state index contributed by atoms with van der Waals surface area (Å²) in [5.41, 5.74) is 0.433. The van der Waals surface area contributed by atoms with Gasteiger partial charge in [-0.2, -0.15) is 0 Å². The first-order chi connectivity index (χ1) is 6.36. The van der Waals surface area contributed by atoms with E-state index in [4.69, 9.17) is 4.74 Å². The summed E-state index contributed by atoms with van der Waals surface area (Å²) in [6, 6.07) is 1.59. The van der Waals surface area contributed by atoms with Crippen LogP contribution in [0.1, 0.15) is 22.7 Å². The summed E-state index contributed by atoms with van der Waals surface area (Å²) in [7, 11) is 1.66. The van der Waals surface area contributed by atoms with Gasteiger partial charge in [-0.25, -0.2) is 9.97 Å². The van der Waals surface area contributed by atoms with Crippen LogP contribution in [0.4, 0.5) is 0 Å². The summed E-state index contributed by atoms with van der Waals surface area (Å²) in [5.74, 6) is 0.696. The average molecular weight is 180 g/mol. The quantitative estimate of drug-likeness (QED) is 0.498. The summed E-state index contributed by atoms with van der Waals surface area (Å²) < 4.78 is 4.90. The Kier molecular flexibility index (Phi) is 4.05. The Morgan fingerprint density at radius 3 is 3.15 bits per heavy atom. The zero-order valence-corrected chi connectivity index (χ0v) is 7.56. The van der Waals surface area contributed by atoms with Gasteiger partial charge in [0.2, 0.25) is 0 Å². The fourth-order valence-electron chi connectivity index (χ4n) is 0.976. The van der Waals surface area contributed by atoms with Crippen LogP contribution in [0.15, 0.2) is 12.3 Å². The third-order valence-electron chi connectivity index (χ3n) is 1.60. The van der Waals surface area contributed by atoms with Gasteiger partial charge in [-0.3, -0.25) is 4.79 Å². The summed E-state index contributed by atoms with van der Waals surface area (Å²) in [6.45, 7) is 0.689. The van der Waals surface area contributed by atoms with Gasteiger partial charge in [0.15, 0.2) is 6.29 Å². The van der Waals surface area contributed by atoms with Crippen molar-refractivity contribution >= 4 is 6.29 Å². The molecule has 0 aliphatic heterocycles. The Bertz CT molecular complexity index is 276. The summed E-state index contributed by atoms with van der Waals surface area (Å²) in [4.78, 5) is 18.4. The zero-order valence-electron chi connectivity index (χ0n) is 7.56. The van der Waals surface area contributed by atoms with Gasteiger partial charge in [-0.1, -0.05) is 0 Å². The number of rotatable bonds is 5. The minimum absolute atomic E-state index is 0.433. The highest BCUT2D eigenvalue weighted by Crippen LogP contribution is 1.96. The number of hydrogen-bond acceptors (Lipinski definition) is 4.